The number of ether oxygens (including phenoxy) is 1. The fourth-order valence-electron chi connectivity index (χ4n) is 1.95. The first-order valence-electron chi connectivity index (χ1n) is 6.94. The molecule has 2 rings (SSSR count). The Morgan fingerprint density at radius 2 is 1.86 bits per heavy atom. The van der Waals surface area contributed by atoms with E-state index in [1.54, 1.807) is 24.3 Å². The standard InChI is InChI=1S/C17H19NO3/c1-2-18-11-15-5-3-4-6-16(15)21-12-13-7-9-14(10-8-13)17(19)20/h3-10,18H,2,11-12H2,1H3,(H,19,20). The highest BCUT2D eigenvalue weighted by Crippen LogP contribution is 2.19. The second-order valence-electron chi connectivity index (χ2n) is 4.68. The summed E-state index contributed by atoms with van der Waals surface area (Å²) in [5, 5.41) is 12.1. The summed E-state index contributed by atoms with van der Waals surface area (Å²) in [5.41, 5.74) is 2.34. The molecule has 2 aromatic carbocycles. The molecule has 4 nitrogen and oxygen atoms in total. The average Bonchev–Trinajstić information content (AvgIpc) is 2.52. The first kappa shape index (κ1) is 15.1. The van der Waals surface area contributed by atoms with E-state index in [0.29, 0.717) is 6.61 Å². The van der Waals surface area contributed by atoms with Crippen molar-refractivity contribution >= 4 is 5.97 Å². The van der Waals surface area contributed by atoms with Crippen LogP contribution in [0.4, 0.5) is 0 Å². The molecular formula is C17H19NO3. The van der Waals surface area contributed by atoms with Crippen LogP contribution in [0.5, 0.6) is 5.75 Å². The van der Waals surface area contributed by atoms with Crippen LogP contribution in [0.3, 0.4) is 0 Å². The summed E-state index contributed by atoms with van der Waals surface area (Å²) in [6.45, 7) is 4.16. The number of rotatable bonds is 7. The maximum absolute atomic E-state index is 10.8. The topological polar surface area (TPSA) is 58.6 Å². The van der Waals surface area contributed by atoms with Crippen molar-refractivity contribution in [2.45, 2.75) is 20.1 Å². The van der Waals surface area contributed by atoms with E-state index in [9.17, 15) is 4.79 Å². The minimum Gasteiger partial charge on any atom is -0.489 e. The van der Waals surface area contributed by atoms with Gasteiger partial charge in [0.05, 0.1) is 5.56 Å². The van der Waals surface area contributed by atoms with Crippen LogP contribution in [0.25, 0.3) is 0 Å². The van der Waals surface area contributed by atoms with Crippen molar-refractivity contribution in [2.24, 2.45) is 0 Å². The molecule has 21 heavy (non-hydrogen) atoms. The molecule has 0 saturated carbocycles. The first-order valence-corrected chi connectivity index (χ1v) is 6.94. The highest BCUT2D eigenvalue weighted by Gasteiger charge is 2.04. The van der Waals surface area contributed by atoms with E-state index in [0.717, 1.165) is 30.0 Å². The number of carboxylic acid groups (broad SMARTS) is 1. The minimum atomic E-state index is -0.918. The third-order valence-corrected chi connectivity index (χ3v) is 3.13. The quantitative estimate of drug-likeness (QED) is 0.821. The van der Waals surface area contributed by atoms with Gasteiger partial charge in [-0.05, 0) is 30.3 Å². The number of hydrogen-bond donors (Lipinski definition) is 2. The van der Waals surface area contributed by atoms with Crippen LogP contribution in [0, 0.1) is 0 Å². The molecule has 0 radical (unpaired) electrons. The lowest BCUT2D eigenvalue weighted by molar-refractivity contribution is 0.0697. The van der Waals surface area contributed by atoms with Gasteiger partial charge in [-0.2, -0.15) is 0 Å². The van der Waals surface area contributed by atoms with E-state index in [-0.39, 0.29) is 5.56 Å². The third kappa shape index (κ3) is 4.33. The van der Waals surface area contributed by atoms with Gasteiger partial charge >= 0.3 is 5.97 Å². The Morgan fingerprint density at radius 1 is 1.14 bits per heavy atom. The van der Waals surface area contributed by atoms with E-state index in [1.807, 2.05) is 24.3 Å². The van der Waals surface area contributed by atoms with Crippen LogP contribution in [0.15, 0.2) is 48.5 Å². The smallest absolute Gasteiger partial charge is 0.335 e. The molecule has 0 fully saturated rings. The number of aromatic carboxylic acids is 1. The summed E-state index contributed by atoms with van der Waals surface area (Å²) < 4.78 is 5.83. The van der Waals surface area contributed by atoms with E-state index in [2.05, 4.69) is 12.2 Å². The molecule has 2 N–H and O–H groups in total. The molecule has 0 heterocycles. The summed E-state index contributed by atoms with van der Waals surface area (Å²) in [5.74, 6) is -0.0702. The fraction of sp³-hybridized carbons (Fsp3) is 0.235. The lowest BCUT2D eigenvalue weighted by Gasteiger charge is -2.12. The zero-order valence-corrected chi connectivity index (χ0v) is 12.0. The summed E-state index contributed by atoms with van der Waals surface area (Å²) in [6, 6.07) is 14.6. The summed E-state index contributed by atoms with van der Waals surface area (Å²) in [6.07, 6.45) is 0. The van der Waals surface area contributed by atoms with Crippen molar-refractivity contribution in [2.75, 3.05) is 6.54 Å². The molecule has 0 aliphatic carbocycles. The predicted molar refractivity (Wildman–Crippen MR) is 81.6 cm³/mol. The molecule has 0 amide bonds. The largest absolute Gasteiger partial charge is 0.489 e. The second-order valence-corrected chi connectivity index (χ2v) is 4.68. The normalized spacial score (nSPS) is 10.3. The van der Waals surface area contributed by atoms with Crippen LogP contribution < -0.4 is 10.1 Å². The molecule has 0 saturated heterocycles. The summed E-state index contributed by atoms with van der Waals surface area (Å²) in [7, 11) is 0. The zero-order chi connectivity index (χ0) is 15.1. The first-order chi connectivity index (χ1) is 10.2. The van der Waals surface area contributed by atoms with Crippen LogP contribution in [-0.2, 0) is 13.2 Å². The molecule has 0 unspecified atom stereocenters. The van der Waals surface area contributed by atoms with Gasteiger partial charge in [-0.3, -0.25) is 0 Å². The maximum atomic E-state index is 10.8. The van der Waals surface area contributed by atoms with E-state index in [1.165, 1.54) is 0 Å². The molecule has 0 aromatic heterocycles. The van der Waals surface area contributed by atoms with Crippen molar-refractivity contribution < 1.29 is 14.6 Å². The van der Waals surface area contributed by atoms with Gasteiger partial charge in [-0.1, -0.05) is 37.3 Å². The van der Waals surface area contributed by atoms with Crippen molar-refractivity contribution in [3.8, 4) is 5.75 Å². The summed E-state index contributed by atoms with van der Waals surface area (Å²) in [4.78, 5) is 10.8. The number of carbonyl (C=O) groups is 1. The number of hydrogen-bond acceptors (Lipinski definition) is 3. The highest BCUT2D eigenvalue weighted by molar-refractivity contribution is 5.87. The highest BCUT2D eigenvalue weighted by atomic mass is 16.5. The Kier molecular flexibility index (Phi) is 5.35. The van der Waals surface area contributed by atoms with Crippen LogP contribution in [-0.4, -0.2) is 17.6 Å². The minimum absolute atomic E-state index is 0.284. The van der Waals surface area contributed by atoms with Gasteiger partial charge in [0.15, 0.2) is 0 Å². The summed E-state index contributed by atoms with van der Waals surface area (Å²) >= 11 is 0. The predicted octanol–water partition coefficient (Wildman–Crippen LogP) is 3.07. The third-order valence-electron chi connectivity index (χ3n) is 3.13. The molecule has 4 heteroatoms. The van der Waals surface area contributed by atoms with E-state index in [4.69, 9.17) is 9.84 Å². The van der Waals surface area contributed by atoms with Crippen molar-refractivity contribution in [1.29, 1.82) is 0 Å². The SMILES string of the molecule is CCNCc1ccccc1OCc1ccc(C(=O)O)cc1. The van der Waals surface area contributed by atoms with E-state index >= 15 is 0 Å². The van der Waals surface area contributed by atoms with Gasteiger partial charge in [-0.25, -0.2) is 4.79 Å². The van der Waals surface area contributed by atoms with Gasteiger partial charge in [0.2, 0.25) is 0 Å². The van der Waals surface area contributed by atoms with Gasteiger partial charge in [0.1, 0.15) is 12.4 Å². The molecule has 110 valence electrons. The van der Waals surface area contributed by atoms with Gasteiger partial charge < -0.3 is 15.2 Å². The van der Waals surface area contributed by atoms with Gasteiger partial charge in [-0.15, -0.1) is 0 Å². The zero-order valence-electron chi connectivity index (χ0n) is 12.0. The lowest BCUT2D eigenvalue weighted by Crippen LogP contribution is -2.12. The number of benzene rings is 2. The Labute approximate surface area is 124 Å². The monoisotopic (exact) mass is 285 g/mol. The van der Waals surface area contributed by atoms with Crippen molar-refractivity contribution in [3.05, 3.63) is 65.2 Å². The second kappa shape index (κ2) is 7.45. The Morgan fingerprint density at radius 3 is 2.52 bits per heavy atom. The Hall–Kier alpha value is -2.33. The van der Waals surface area contributed by atoms with Gasteiger partial charge in [0, 0.05) is 12.1 Å². The van der Waals surface area contributed by atoms with Crippen LogP contribution in [0.1, 0.15) is 28.4 Å². The number of para-hydroxylation sites is 1. The Balaban J connectivity index is 2.00. The van der Waals surface area contributed by atoms with Gasteiger partial charge in [0.25, 0.3) is 0 Å². The molecule has 2 aromatic rings. The number of carboxylic acids is 1. The van der Waals surface area contributed by atoms with Crippen LogP contribution in [0.2, 0.25) is 0 Å². The Bertz CT molecular complexity index is 593. The van der Waals surface area contributed by atoms with Crippen LogP contribution >= 0.6 is 0 Å². The fourth-order valence-corrected chi connectivity index (χ4v) is 1.95. The molecule has 0 spiro atoms. The lowest BCUT2D eigenvalue weighted by atomic mass is 10.1. The molecule has 0 aliphatic rings. The number of nitrogens with one attached hydrogen (secondary N) is 1. The van der Waals surface area contributed by atoms with Crippen molar-refractivity contribution in [3.63, 3.8) is 0 Å². The molecular weight excluding hydrogens is 266 g/mol. The van der Waals surface area contributed by atoms with Crippen molar-refractivity contribution in [1.82, 2.24) is 5.32 Å². The average molecular weight is 285 g/mol. The molecule has 0 atom stereocenters. The van der Waals surface area contributed by atoms with E-state index < -0.39 is 5.97 Å². The molecule has 0 bridgehead atoms. The maximum Gasteiger partial charge on any atom is 0.335 e. The molecule has 0 aliphatic heterocycles.